The van der Waals surface area contributed by atoms with E-state index >= 15 is 0 Å². The Kier molecular flexibility index (Phi) is 8.23. The second-order valence-corrected chi connectivity index (χ2v) is 10.7. The molecule has 1 aromatic heterocycles. The topological polar surface area (TPSA) is 98.9 Å². The van der Waals surface area contributed by atoms with Gasteiger partial charge in [0.2, 0.25) is 0 Å². The Morgan fingerprint density at radius 1 is 1.18 bits per heavy atom. The summed E-state index contributed by atoms with van der Waals surface area (Å²) >= 11 is 1.53. The first-order valence-electron chi connectivity index (χ1n) is 13.0. The second kappa shape index (κ2) is 11.9. The average Bonchev–Trinajstić information content (AvgIpc) is 3.43. The summed E-state index contributed by atoms with van der Waals surface area (Å²) in [5.74, 6) is -0.321. The zero-order chi connectivity index (χ0) is 26.5. The summed E-state index contributed by atoms with van der Waals surface area (Å²) in [5, 5.41) is 21.6. The number of carboxylic acid groups (broad SMARTS) is 1. The van der Waals surface area contributed by atoms with Crippen LogP contribution in [0.1, 0.15) is 35.1 Å². The van der Waals surface area contributed by atoms with Crippen molar-refractivity contribution < 1.29 is 19.4 Å². The predicted molar refractivity (Wildman–Crippen MR) is 146 cm³/mol. The van der Waals surface area contributed by atoms with Crippen LogP contribution < -0.4 is 9.64 Å². The number of hydrogen-bond donors (Lipinski definition) is 1. The van der Waals surface area contributed by atoms with Crippen LogP contribution in [0.5, 0.6) is 5.75 Å². The molecule has 3 aromatic rings. The monoisotopic (exact) mass is 532 g/mol. The van der Waals surface area contributed by atoms with Crippen LogP contribution >= 0.6 is 11.3 Å². The molecule has 2 fully saturated rings. The van der Waals surface area contributed by atoms with E-state index in [0.717, 1.165) is 54.8 Å². The van der Waals surface area contributed by atoms with Crippen LogP contribution in [0.25, 0.3) is 11.3 Å². The minimum atomic E-state index is -0.721. The maximum absolute atomic E-state index is 11.3. The van der Waals surface area contributed by atoms with E-state index in [4.69, 9.17) is 14.5 Å². The standard InChI is InChI=1S/C29H32N4O4S/c1-20-14-22(17-32-10-12-36-13-11-32)2-4-24(20)18-37-27-5-3-21(16-30)15-25(27)26-19-38-29(31-26)33-8-6-23(7-9-33)28(34)35/h2-5,14-15,19,23H,6-13,17-18H2,1H3,(H,34,35). The summed E-state index contributed by atoms with van der Waals surface area (Å²) in [6.07, 6.45) is 1.24. The molecule has 0 bridgehead atoms. The first kappa shape index (κ1) is 26.2. The Morgan fingerprint density at radius 2 is 1.97 bits per heavy atom. The zero-order valence-corrected chi connectivity index (χ0v) is 22.4. The molecule has 0 aliphatic carbocycles. The van der Waals surface area contributed by atoms with Gasteiger partial charge in [-0.15, -0.1) is 11.3 Å². The lowest BCUT2D eigenvalue weighted by molar-refractivity contribution is -0.142. The van der Waals surface area contributed by atoms with Crippen molar-refractivity contribution in [2.75, 3.05) is 44.3 Å². The van der Waals surface area contributed by atoms with Gasteiger partial charge in [-0.1, -0.05) is 18.2 Å². The van der Waals surface area contributed by atoms with Gasteiger partial charge in [0, 0.05) is 43.7 Å². The molecule has 0 amide bonds. The van der Waals surface area contributed by atoms with Gasteiger partial charge >= 0.3 is 5.97 Å². The number of benzene rings is 2. The third kappa shape index (κ3) is 6.16. The highest BCUT2D eigenvalue weighted by atomic mass is 32.1. The fourth-order valence-corrected chi connectivity index (χ4v) is 5.85. The molecule has 5 rings (SSSR count). The van der Waals surface area contributed by atoms with E-state index in [0.29, 0.717) is 43.9 Å². The molecule has 0 unspecified atom stereocenters. The first-order valence-corrected chi connectivity index (χ1v) is 13.9. The van der Waals surface area contributed by atoms with Gasteiger partial charge in [-0.3, -0.25) is 9.69 Å². The lowest BCUT2D eigenvalue weighted by Gasteiger charge is -2.29. The third-order valence-electron chi connectivity index (χ3n) is 7.29. The fraction of sp³-hybridized carbons (Fsp3) is 0.414. The maximum Gasteiger partial charge on any atom is 0.306 e. The van der Waals surface area contributed by atoms with E-state index in [1.807, 2.05) is 17.5 Å². The van der Waals surface area contributed by atoms with Gasteiger partial charge in [0.25, 0.3) is 0 Å². The van der Waals surface area contributed by atoms with Crippen LogP contribution in [0.15, 0.2) is 41.8 Å². The number of aryl methyl sites for hydroxylation is 1. The Morgan fingerprint density at radius 3 is 2.68 bits per heavy atom. The quantitative estimate of drug-likeness (QED) is 0.446. The van der Waals surface area contributed by atoms with Crippen LogP contribution in [0.3, 0.4) is 0 Å². The molecule has 38 heavy (non-hydrogen) atoms. The lowest BCUT2D eigenvalue weighted by atomic mass is 9.97. The second-order valence-electron chi connectivity index (χ2n) is 9.88. The van der Waals surface area contributed by atoms with Crippen molar-refractivity contribution in [2.45, 2.75) is 32.9 Å². The van der Waals surface area contributed by atoms with E-state index in [9.17, 15) is 15.2 Å². The number of anilines is 1. The Labute approximate surface area is 227 Å². The Bertz CT molecular complexity index is 1320. The van der Waals surface area contributed by atoms with Crippen molar-refractivity contribution in [1.82, 2.24) is 9.88 Å². The smallest absolute Gasteiger partial charge is 0.306 e. The number of thiazole rings is 1. The molecule has 0 saturated carbocycles. The van der Waals surface area contributed by atoms with E-state index in [1.54, 1.807) is 6.07 Å². The minimum Gasteiger partial charge on any atom is -0.488 e. The highest BCUT2D eigenvalue weighted by Crippen LogP contribution is 2.36. The van der Waals surface area contributed by atoms with Gasteiger partial charge in [-0.25, -0.2) is 4.98 Å². The normalized spacial score (nSPS) is 16.8. The number of aliphatic carboxylic acids is 1. The molecule has 2 aromatic carbocycles. The van der Waals surface area contributed by atoms with Crippen LogP contribution in [-0.4, -0.2) is 60.4 Å². The van der Waals surface area contributed by atoms with E-state index in [1.165, 1.54) is 22.5 Å². The Hall–Kier alpha value is -3.45. The molecular formula is C29H32N4O4S. The highest BCUT2D eigenvalue weighted by molar-refractivity contribution is 7.14. The van der Waals surface area contributed by atoms with Gasteiger partial charge in [-0.05, 0) is 54.7 Å². The number of carboxylic acids is 1. The third-order valence-corrected chi connectivity index (χ3v) is 8.19. The molecule has 2 saturated heterocycles. The number of carbonyl (C=O) groups is 1. The van der Waals surface area contributed by atoms with Crippen molar-refractivity contribution in [2.24, 2.45) is 5.92 Å². The molecule has 0 atom stereocenters. The molecule has 2 aliphatic rings. The van der Waals surface area contributed by atoms with Gasteiger partial charge in [0.1, 0.15) is 12.4 Å². The number of piperidine rings is 1. The SMILES string of the molecule is Cc1cc(CN2CCOCC2)ccc1COc1ccc(C#N)cc1-c1csc(N2CCC(C(=O)O)CC2)n1. The van der Waals surface area contributed by atoms with E-state index in [2.05, 4.69) is 41.0 Å². The van der Waals surface area contributed by atoms with Gasteiger partial charge in [0.15, 0.2) is 5.13 Å². The minimum absolute atomic E-state index is 0.283. The summed E-state index contributed by atoms with van der Waals surface area (Å²) < 4.78 is 11.7. The van der Waals surface area contributed by atoms with Crippen LogP contribution in [0.4, 0.5) is 5.13 Å². The molecule has 198 valence electrons. The van der Waals surface area contributed by atoms with Crippen LogP contribution in [-0.2, 0) is 22.7 Å². The first-order chi connectivity index (χ1) is 18.5. The largest absolute Gasteiger partial charge is 0.488 e. The summed E-state index contributed by atoms with van der Waals surface area (Å²) in [7, 11) is 0. The van der Waals surface area contributed by atoms with Gasteiger partial charge in [-0.2, -0.15) is 5.26 Å². The average molecular weight is 533 g/mol. The molecule has 2 aliphatic heterocycles. The zero-order valence-electron chi connectivity index (χ0n) is 21.6. The molecule has 9 heteroatoms. The van der Waals surface area contributed by atoms with Crippen molar-refractivity contribution >= 4 is 22.4 Å². The number of rotatable bonds is 8. The van der Waals surface area contributed by atoms with Crippen molar-refractivity contribution in [3.8, 4) is 23.1 Å². The number of nitriles is 1. The number of nitrogens with zero attached hydrogens (tertiary/aromatic N) is 4. The predicted octanol–water partition coefficient (Wildman–Crippen LogP) is 4.70. The van der Waals surface area contributed by atoms with Crippen LogP contribution in [0.2, 0.25) is 0 Å². The summed E-state index contributed by atoms with van der Waals surface area (Å²) in [6.45, 7) is 8.31. The lowest BCUT2D eigenvalue weighted by Crippen LogP contribution is -2.36. The number of hydrogen-bond acceptors (Lipinski definition) is 8. The van der Waals surface area contributed by atoms with Gasteiger partial charge in [0.05, 0.1) is 36.5 Å². The summed E-state index contributed by atoms with van der Waals surface area (Å²) in [4.78, 5) is 20.7. The van der Waals surface area contributed by atoms with Gasteiger partial charge < -0.3 is 19.5 Å². The van der Waals surface area contributed by atoms with Crippen molar-refractivity contribution in [1.29, 1.82) is 5.26 Å². The molecule has 0 spiro atoms. The molecular weight excluding hydrogens is 500 g/mol. The molecule has 0 radical (unpaired) electrons. The van der Waals surface area contributed by atoms with E-state index in [-0.39, 0.29) is 5.92 Å². The molecule has 8 nitrogen and oxygen atoms in total. The number of ether oxygens (including phenoxy) is 2. The number of morpholine rings is 1. The number of aromatic nitrogens is 1. The summed E-state index contributed by atoms with van der Waals surface area (Å²) in [5.41, 5.74) is 5.68. The van der Waals surface area contributed by atoms with E-state index < -0.39 is 5.97 Å². The molecule has 3 heterocycles. The Balaban J connectivity index is 1.29. The van der Waals surface area contributed by atoms with Crippen molar-refractivity contribution in [3.05, 3.63) is 64.0 Å². The highest BCUT2D eigenvalue weighted by Gasteiger charge is 2.26. The fourth-order valence-electron chi connectivity index (χ4n) is 4.97. The molecule has 1 N–H and O–H groups in total. The van der Waals surface area contributed by atoms with Crippen molar-refractivity contribution in [3.63, 3.8) is 0 Å². The summed E-state index contributed by atoms with van der Waals surface area (Å²) in [6, 6.07) is 14.2. The maximum atomic E-state index is 11.3. The van der Waals surface area contributed by atoms with Crippen LogP contribution in [0, 0.1) is 24.2 Å².